The van der Waals surface area contributed by atoms with Crippen LogP contribution in [-0.4, -0.2) is 4.92 Å². The Morgan fingerprint density at radius 1 is 1.45 bits per heavy atom. The highest BCUT2D eigenvalue weighted by atomic mass is 35.5. The summed E-state index contributed by atoms with van der Waals surface area (Å²) in [6.45, 7) is 1.94. The summed E-state index contributed by atoms with van der Waals surface area (Å²) in [5.41, 5.74) is 0.439. The van der Waals surface area contributed by atoms with E-state index in [4.69, 9.17) is 16.9 Å². The lowest BCUT2D eigenvalue weighted by molar-refractivity contribution is -0.385. The number of benzene rings is 1. The lowest BCUT2D eigenvalue weighted by Crippen LogP contribution is -2.05. The molecular formula is C13H10ClN3O2S. The summed E-state index contributed by atoms with van der Waals surface area (Å²) in [6, 6.07) is 9.95. The Bertz CT molecular complexity index is 693. The number of anilines is 1. The van der Waals surface area contributed by atoms with Crippen LogP contribution in [0.25, 0.3) is 0 Å². The molecule has 1 unspecified atom stereocenters. The van der Waals surface area contributed by atoms with Gasteiger partial charge in [-0.15, -0.1) is 11.3 Å². The first-order valence-electron chi connectivity index (χ1n) is 5.71. The molecule has 0 aliphatic heterocycles. The van der Waals surface area contributed by atoms with Gasteiger partial charge in [-0.3, -0.25) is 10.1 Å². The van der Waals surface area contributed by atoms with Crippen LogP contribution in [0.3, 0.4) is 0 Å². The van der Waals surface area contributed by atoms with Gasteiger partial charge in [-0.05, 0) is 31.2 Å². The van der Waals surface area contributed by atoms with Crippen molar-refractivity contribution in [3.05, 3.63) is 55.2 Å². The monoisotopic (exact) mass is 307 g/mol. The summed E-state index contributed by atoms with van der Waals surface area (Å²) >= 11 is 7.33. The van der Waals surface area contributed by atoms with E-state index >= 15 is 0 Å². The number of hydrogen-bond donors (Lipinski definition) is 1. The molecule has 20 heavy (non-hydrogen) atoms. The fourth-order valence-electron chi connectivity index (χ4n) is 1.75. The Labute approximate surface area is 124 Å². The van der Waals surface area contributed by atoms with Gasteiger partial charge in [0.05, 0.1) is 15.3 Å². The van der Waals surface area contributed by atoms with E-state index in [9.17, 15) is 10.1 Å². The van der Waals surface area contributed by atoms with Crippen LogP contribution < -0.4 is 5.32 Å². The lowest BCUT2D eigenvalue weighted by atomic mass is 10.1. The number of nitro benzene ring substituents is 1. The molecular weight excluding hydrogens is 298 g/mol. The van der Waals surface area contributed by atoms with Crippen molar-refractivity contribution in [2.75, 3.05) is 5.32 Å². The zero-order valence-electron chi connectivity index (χ0n) is 10.5. The summed E-state index contributed by atoms with van der Waals surface area (Å²) in [7, 11) is 0. The van der Waals surface area contributed by atoms with Crippen molar-refractivity contribution in [3.8, 4) is 6.07 Å². The number of nitriles is 1. The van der Waals surface area contributed by atoms with Gasteiger partial charge in [-0.2, -0.15) is 5.26 Å². The van der Waals surface area contributed by atoms with Gasteiger partial charge in [0.2, 0.25) is 0 Å². The number of nitro groups is 1. The second kappa shape index (κ2) is 5.90. The summed E-state index contributed by atoms with van der Waals surface area (Å²) in [4.78, 5) is 11.4. The Morgan fingerprint density at radius 3 is 2.75 bits per heavy atom. The third-order valence-electron chi connectivity index (χ3n) is 2.72. The van der Waals surface area contributed by atoms with Crippen molar-refractivity contribution >= 4 is 34.3 Å². The van der Waals surface area contributed by atoms with E-state index in [1.54, 1.807) is 12.1 Å². The SMILES string of the molecule is CC(Nc1ccc(C#N)c([N+](=O)[O-])c1)c1ccc(Cl)s1. The van der Waals surface area contributed by atoms with Crippen LogP contribution in [0.5, 0.6) is 0 Å². The first-order chi connectivity index (χ1) is 9.51. The summed E-state index contributed by atoms with van der Waals surface area (Å²) in [5, 5.41) is 22.9. The van der Waals surface area contributed by atoms with Gasteiger partial charge in [-0.25, -0.2) is 0 Å². The molecule has 0 spiro atoms. The van der Waals surface area contributed by atoms with Crippen molar-refractivity contribution in [2.24, 2.45) is 0 Å². The van der Waals surface area contributed by atoms with E-state index in [2.05, 4.69) is 5.32 Å². The van der Waals surface area contributed by atoms with Crippen molar-refractivity contribution < 1.29 is 4.92 Å². The molecule has 7 heteroatoms. The number of nitrogens with one attached hydrogen (secondary N) is 1. The predicted octanol–water partition coefficient (Wildman–Crippen LogP) is 4.35. The van der Waals surface area contributed by atoms with E-state index < -0.39 is 4.92 Å². The second-order valence-electron chi connectivity index (χ2n) is 4.11. The molecule has 0 saturated heterocycles. The molecule has 2 aromatic rings. The zero-order valence-corrected chi connectivity index (χ0v) is 12.0. The number of nitrogens with zero attached hydrogens (tertiary/aromatic N) is 2. The maximum Gasteiger partial charge on any atom is 0.289 e. The molecule has 0 aliphatic carbocycles. The van der Waals surface area contributed by atoms with E-state index in [1.807, 2.05) is 19.1 Å². The highest BCUT2D eigenvalue weighted by molar-refractivity contribution is 7.16. The maximum atomic E-state index is 10.9. The normalized spacial score (nSPS) is 11.7. The molecule has 0 bridgehead atoms. The predicted molar refractivity (Wildman–Crippen MR) is 79.2 cm³/mol. The van der Waals surface area contributed by atoms with Crippen LogP contribution in [0.1, 0.15) is 23.4 Å². The molecule has 1 N–H and O–H groups in total. The second-order valence-corrected chi connectivity index (χ2v) is 5.86. The molecule has 1 aromatic carbocycles. The molecule has 0 amide bonds. The van der Waals surface area contributed by atoms with Gasteiger partial charge in [0, 0.05) is 16.6 Å². The van der Waals surface area contributed by atoms with Crippen LogP contribution in [0, 0.1) is 21.4 Å². The molecule has 0 radical (unpaired) electrons. The van der Waals surface area contributed by atoms with Gasteiger partial charge in [0.25, 0.3) is 5.69 Å². The minimum absolute atomic E-state index is 0.0277. The number of thiophene rings is 1. The van der Waals surface area contributed by atoms with E-state index in [0.717, 1.165) is 4.88 Å². The molecule has 2 rings (SSSR count). The summed E-state index contributed by atoms with van der Waals surface area (Å²) < 4.78 is 0.694. The third-order valence-corrected chi connectivity index (χ3v) is 4.13. The maximum absolute atomic E-state index is 10.9. The van der Waals surface area contributed by atoms with Gasteiger partial charge in [0.15, 0.2) is 0 Å². The third kappa shape index (κ3) is 3.07. The van der Waals surface area contributed by atoms with Gasteiger partial charge in [-0.1, -0.05) is 11.6 Å². The van der Waals surface area contributed by atoms with Crippen molar-refractivity contribution in [3.63, 3.8) is 0 Å². The van der Waals surface area contributed by atoms with Crippen molar-refractivity contribution in [2.45, 2.75) is 13.0 Å². The van der Waals surface area contributed by atoms with Gasteiger partial charge in [0.1, 0.15) is 11.6 Å². The number of halogens is 1. The van der Waals surface area contributed by atoms with Gasteiger partial charge >= 0.3 is 0 Å². The molecule has 102 valence electrons. The molecule has 0 fully saturated rings. The smallest absolute Gasteiger partial charge is 0.289 e. The average molecular weight is 308 g/mol. The van der Waals surface area contributed by atoms with E-state index in [-0.39, 0.29) is 17.3 Å². The molecule has 0 aliphatic rings. The van der Waals surface area contributed by atoms with Crippen LogP contribution >= 0.6 is 22.9 Å². The summed E-state index contributed by atoms with van der Waals surface area (Å²) in [5.74, 6) is 0. The van der Waals surface area contributed by atoms with Crippen LogP contribution in [-0.2, 0) is 0 Å². The zero-order chi connectivity index (χ0) is 14.7. The Kier molecular flexibility index (Phi) is 4.23. The highest BCUT2D eigenvalue weighted by Crippen LogP contribution is 2.30. The van der Waals surface area contributed by atoms with Crippen LogP contribution in [0.4, 0.5) is 11.4 Å². The minimum Gasteiger partial charge on any atom is -0.377 e. The topological polar surface area (TPSA) is 79.0 Å². The Hall–Kier alpha value is -2.10. The molecule has 1 heterocycles. The van der Waals surface area contributed by atoms with Crippen molar-refractivity contribution in [1.82, 2.24) is 0 Å². The quantitative estimate of drug-likeness (QED) is 0.672. The van der Waals surface area contributed by atoms with E-state index in [1.165, 1.54) is 23.5 Å². The fraction of sp³-hybridized carbons (Fsp3) is 0.154. The highest BCUT2D eigenvalue weighted by Gasteiger charge is 2.15. The van der Waals surface area contributed by atoms with Gasteiger partial charge < -0.3 is 5.32 Å². The minimum atomic E-state index is -0.559. The summed E-state index contributed by atoms with van der Waals surface area (Å²) in [6.07, 6.45) is 0. The van der Waals surface area contributed by atoms with Crippen LogP contribution in [0.15, 0.2) is 30.3 Å². The average Bonchev–Trinajstić information content (AvgIpc) is 2.85. The Balaban J connectivity index is 2.24. The largest absolute Gasteiger partial charge is 0.377 e. The lowest BCUT2D eigenvalue weighted by Gasteiger charge is -2.13. The molecule has 1 atom stereocenters. The standard InChI is InChI=1S/C13H10ClN3O2S/c1-8(12-4-5-13(14)20-12)16-10-3-2-9(7-15)11(6-10)17(18)19/h2-6,8,16H,1H3. The molecule has 1 aromatic heterocycles. The first-order valence-corrected chi connectivity index (χ1v) is 6.91. The van der Waals surface area contributed by atoms with Crippen molar-refractivity contribution in [1.29, 1.82) is 5.26 Å². The first kappa shape index (κ1) is 14.3. The van der Waals surface area contributed by atoms with E-state index in [0.29, 0.717) is 10.0 Å². The molecule has 5 nitrogen and oxygen atoms in total. The fourth-order valence-corrected chi connectivity index (χ4v) is 2.81. The number of hydrogen-bond acceptors (Lipinski definition) is 5. The molecule has 0 saturated carbocycles. The number of rotatable bonds is 4. The van der Waals surface area contributed by atoms with Crippen LogP contribution in [0.2, 0.25) is 4.34 Å². The Morgan fingerprint density at radius 2 is 2.20 bits per heavy atom.